The van der Waals surface area contributed by atoms with E-state index in [4.69, 9.17) is 9.47 Å². The zero-order valence-corrected chi connectivity index (χ0v) is 17.0. The van der Waals surface area contributed by atoms with Crippen LogP contribution in [0.4, 0.5) is 11.4 Å². The summed E-state index contributed by atoms with van der Waals surface area (Å²) in [5, 5.41) is 2.99. The zero-order valence-electron chi connectivity index (χ0n) is 17.0. The van der Waals surface area contributed by atoms with E-state index in [1.54, 1.807) is 14.2 Å². The fourth-order valence-electron chi connectivity index (χ4n) is 3.57. The molecule has 0 unspecified atom stereocenters. The number of methoxy groups -OCH3 is 2. The minimum absolute atomic E-state index is 0.00980. The fourth-order valence-corrected chi connectivity index (χ4v) is 3.57. The van der Waals surface area contributed by atoms with E-state index in [1.807, 2.05) is 30.3 Å². The Kier molecular flexibility index (Phi) is 6.80. The molecule has 0 atom stereocenters. The Bertz CT molecular complexity index is 781. The highest BCUT2D eigenvalue weighted by atomic mass is 16.5. The minimum Gasteiger partial charge on any atom is -0.497 e. The highest BCUT2D eigenvalue weighted by Gasteiger charge is 2.16. The van der Waals surface area contributed by atoms with E-state index in [0.717, 1.165) is 41.8 Å². The largest absolute Gasteiger partial charge is 0.497 e. The Morgan fingerprint density at radius 2 is 1.79 bits per heavy atom. The third-order valence-corrected chi connectivity index (χ3v) is 5.41. The van der Waals surface area contributed by atoms with Crippen LogP contribution in [0, 0.1) is 5.92 Å². The summed E-state index contributed by atoms with van der Waals surface area (Å²) < 4.78 is 10.6. The van der Waals surface area contributed by atoms with Gasteiger partial charge < -0.3 is 19.7 Å². The first-order valence-electron chi connectivity index (χ1n) is 9.95. The second kappa shape index (κ2) is 9.49. The number of aryl methyl sites for hydroxylation is 1. The van der Waals surface area contributed by atoms with Crippen molar-refractivity contribution in [3.05, 3.63) is 48.0 Å². The van der Waals surface area contributed by atoms with Gasteiger partial charge in [-0.15, -0.1) is 0 Å². The quantitative estimate of drug-likeness (QED) is 0.765. The number of nitrogens with zero attached hydrogens (tertiary/aromatic N) is 1. The predicted octanol–water partition coefficient (Wildman–Crippen LogP) is 4.51. The third kappa shape index (κ3) is 5.18. The number of carbonyl (C=O) groups is 1. The summed E-state index contributed by atoms with van der Waals surface area (Å²) in [6.07, 6.45) is 3.46. The zero-order chi connectivity index (χ0) is 19.9. The van der Waals surface area contributed by atoms with Crippen molar-refractivity contribution in [2.45, 2.75) is 32.6 Å². The average Bonchev–Trinajstić information content (AvgIpc) is 2.73. The number of anilines is 2. The summed E-state index contributed by atoms with van der Waals surface area (Å²) in [6, 6.07) is 13.8. The lowest BCUT2D eigenvalue weighted by atomic mass is 9.99. The summed E-state index contributed by atoms with van der Waals surface area (Å²) in [4.78, 5) is 14.8. The SMILES string of the molecule is COc1ccc(OC)c(CCC(=O)Nc2ccc(N3CCC(C)CC3)cc2)c1. The van der Waals surface area contributed by atoms with Gasteiger partial charge in [0.1, 0.15) is 11.5 Å². The van der Waals surface area contributed by atoms with Crippen LogP contribution in [-0.2, 0) is 11.2 Å². The lowest BCUT2D eigenvalue weighted by molar-refractivity contribution is -0.116. The number of piperidine rings is 1. The van der Waals surface area contributed by atoms with Gasteiger partial charge in [0.15, 0.2) is 0 Å². The monoisotopic (exact) mass is 382 g/mol. The summed E-state index contributed by atoms with van der Waals surface area (Å²) in [6.45, 7) is 4.53. The highest BCUT2D eigenvalue weighted by molar-refractivity contribution is 5.91. The van der Waals surface area contributed by atoms with Crippen molar-refractivity contribution in [2.24, 2.45) is 5.92 Å². The van der Waals surface area contributed by atoms with Crippen molar-refractivity contribution in [3.63, 3.8) is 0 Å². The molecule has 28 heavy (non-hydrogen) atoms. The molecule has 0 aromatic heterocycles. The van der Waals surface area contributed by atoms with Crippen LogP contribution in [-0.4, -0.2) is 33.2 Å². The Balaban J connectivity index is 1.54. The van der Waals surface area contributed by atoms with Gasteiger partial charge in [0.2, 0.25) is 5.91 Å². The molecule has 2 aromatic rings. The van der Waals surface area contributed by atoms with Crippen molar-refractivity contribution >= 4 is 17.3 Å². The van der Waals surface area contributed by atoms with Gasteiger partial charge in [0.05, 0.1) is 14.2 Å². The normalized spacial score (nSPS) is 14.6. The number of benzene rings is 2. The molecule has 1 aliphatic rings. The molecule has 1 N–H and O–H groups in total. The molecule has 150 valence electrons. The molecule has 1 fully saturated rings. The van der Waals surface area contributed by atoms with E-state index in [9.17, 15) is 4.79 Å². The Labute approximate surface area is 167 Å². The minimum atomic E-state index is -0.00980. The van der Waals surface area contributed by atoms with E-state index in [2.05, 4.69) is 29.3 Å². The summed E-state index contributed by atoms with van der Waals surface area (Å²) in [7, 11) is 3.27. The van der Waals surface area contributed by atoms with Gasteiger partial charge in [0.25, 0.3) is 0 Å². The first-order chi connectivity index (χ1) is 13.6. The molecule has 2 aromatic carbocycles. The van der Waals surface area contributed by atoms with Crippen LogP contribution in [0.1, 0.15) is 31.7 Å². The maximum absolute atomic E-state index is 12.4. The van der Waals surface area contributed by atoms with Gasteiger partial charge in [-0.05, 0) is 73.2 Å². The Morgan fingerprint density at radius 3 is 2.43 bits per heavy atom. The van der Waals surface area contributed by atoms with Gasteiger partial charge in [-0.1, -0.05) is 6.92 Å². The smallest absolute Gasteiger partial charge is 0.224 e. The van der Waals surface area contributed by atoms with Gasteiger partial charge in [0, 0.05) is 30.9 Å². The Morgan fingerprint density at radius 1 is 1.07 bits per heavy atom. The standard InChI is InChI=1S/C23H30N2O3/c1-17-12-14-25(15-13-17)20-7-5-19(6-8-20)24-23(26)11-4-18-16-21(27-2)9-10-22(18)28-3/h5-10,16-17H,4,11-15H2,1-3H3,(H,24,26). The van der Waals surface area contributed by atoms with Crippen molar-refractivity contribution in [2.75, 3.05) is 37.5 Å². The first-order valence-corrected chi connectivity index (χ1v) is 9.95. The van der Waals surface area contributed by atoms with Gasteiger partial charge in [-0.3, -0.25) is 4.79 Å². The van der Waals surface area contributed by atoms with E-state index in [0.29, 0.717) is 12.8 Å². The van der Waals surface area contributed by atoms with Crippen LogP contribution in [0.5, 0.6) is 11.5 Å². The number of amides is 1. The predicted molar refractivity (Wildman–Crippen MR) is 114 cm³/mol. The third-order valence-electron chi connectivity index (χ3n) is 5.41. The second-order valence-corrected chi connectivity index (χ2v) is 7.44. The van der Waals surface area contributed by atoms with Gasteiger partial charge >= 0.3 is 0 Å². The molecule has 1 saturated heterocycles. The molecular formula is C23H30N2O3. The highest BCUT2D eigenvalue weighted by Crippen LogP contribution is 2.26. The van der Waals surface area contributed by atoms with Crippen molar-refractivity contribution in [1.29, 1.82) is 0 Å². The van der Waals surface area contributed by atoms with Crippen LogP contribution in [0.3, 0.4) is 0 Å². The summed E-state index contributed by atoms with van der Waals surface area (Å²) in [5.41, 5.74) is 3.02. The van der Waals surface area contributed by atoms with E-state index in [1.165, 1.54) is 18.5 Å². The molecule has 5 heteroatoms. The Hall–Kier alpha value is -2.69. The van der Waals surface area contributed by atoms with E-state index in [-0.39, 0.29) is 5.91 Å². The van der Waals surface area contributed by atoms with Gasteiger partial charge in [-0.25, -0.2) is 0 Å². The molecular weight excluding hydrogens is 352 g/mol. The molecule has 1 amide bonds. The van der Waals surface area contributed by atoms with Crippen molar-refractivity contribution in [3.8, 4) is 11.5 Å². The first kappa shape index (κ1) is 20.1. The fraction of sp³-hybridized carbons (Fsp3) is 0.435. The number of hydrogen-bond acceptors (Lipinski definition) is 4. The number of carbonyl (C=O) groups excluding carboxylic acids is 1. The topological polar surface area (TPSA) is 50.8 Å². The second-order valence-electron chi connectivity index (χ2n) is 7.44. The van der Waals surface area contributed by atoms with Gasteiger partial charge in [-0.2, -0.15) is 0 Å². The number of hydrogen-bond donors (Lipinski definition) is 1. The molecule has 0 aliphatic carbocycles. The van der Waals surface area contributed by atoms with E-state index >= 15 is 0 Å². The maximum atomic E-state index is 12.4. The molecule has 0 spiro atoms. The van der Waals surface area contributed by atoms with Crippen LogP contribution >= 0.6 is 0 Å². The average molecular weight is 383 g/mol. The number of nitrogens with one attached hydrogen (secondary N) is 1. The van der Waals surface area contributed by atoms with E-state index < -0.39 is 0 Å². The van der Waals surface area contributed by atoms with Crippen LogP contribution < -0.4 is 19.7 Å². The van der Waals surface area contributed by atoms with Crippen LogP contribution in [0.25, 0.3) is 0 Å². The molecule has 0 saturated carbocycles. The molecule has 1 heterocycles. The molecule has 0 bridgehead atoms. The molecule has 3 rings (SSSR count). The lowest BCUT2D eigenvalue weighted by Gasteiger charge is -2.32. The molecule has 1 aliphatic heterocycles. The number of rotatable bonds is 7. The van der Waals surface area contributed by atoms with Crippen LogP contribution in [0.2, 0.25) is 0 Å². The molecule has 5 nitrogen and oxygen atoms in total. The molecule has 0 radical (unpaired) electrons. The summed E-state index contributed by atoms with van der Waals surface area (Å²) >= 11 is 0. The number of ether oxygens (including phenoxy) is 2. The lowest BCUT2D eigenvalue weighted by Crippen LogP contribution is -2.32. The van der Waals surface area contributed by atoms with Crippen molar-refractivity contribution in [1.82, 2.24) is 0 Å². The van der Waals surface area contributed by atoms with Crippen LogP contribution in [0.15, 0.2) is 42.5 Å². The maximum Gasteiger partial charge on any atom is 0.224 e. The summed E-state index contributed by atoms with van der Waals surface area (Å²) in [5.74, 6) is 2.34. The van der Waals surface area contributed by atoms with Crippen molar-refractivity contribution < 1.29 is 14.3 Å².